The van der Waals surface area contributed by atoms with E-state index >= 15 is 0 Å². The zero-order valence-corrected chi connectivity index (χ0v) is 15.9. The number of rotatable bonds is 6. The predicted molar refractivity (Wildman–Crippen MR) is 107 cm³/mol. The summed E-state index contributed by atoms with van der Waals surface area (Å²) in [5, 5.41) is 3.57. The van der Waals surface area contributed by atoms with Gasteiger partial charge in [0.25, 0.3) is 5.56 Å². The van der Waals surface area contributed by atoms with Crippen molar-refractivity contribution in [3.8, 4) is 0 Å². The van der Waals surface area contributed by atoms with Crippen LogP contribution in [-0.2, 0) is 17.9 Å². The average molecular weight is 379 g/mol. The first kappa shape index (κ1) is 18.5. The zero-order chi connectivity index (χ0) is 19.4. The van der Waals surface area contributed by atoms with Crippen molar-refractivity contribution in [3.05, 3.63) is 65.1 Å². The molecule has 6 heteroatoms. The molecule has 0 saturated heterocycles. The fraction of sp³-hybridized carbons (Fsp3) is 0.409. The highest BCUT2D eigenvalue weighted by Crippen LogP contribution is 2.40. The lowest BCUT2D eigenvalue weighted by Crippen LogP contribution is -2.38. The highest BCUT2D eigenvalue weighted by molar-refractivity contribution is 5.77. The number of amides is 1. The van der Waals surface area contributed by atoms with E-state index in [9.17, 15) is 9.59 Å². The first-order valence-electron chi connectivity index (χ1n) is 9.89. The van der Waals surface area contributed by atoms with Gasteiger partial charge in [0.2, 0.25) is 5.91 Å². The molecular formula is C22H25N3O3. The smallest absolute Gasteiger partial charge is 0.261 e. The summed E-state index contributed by atoms with van der Waals surface area (Å²) >= 11 is 0. The van der Waals surface area contributed by atoms with Gasteiger partial charge in [0, 0.05) is 13.0 Å². The van der Waals surface area contributed by atoms with Gasteiger partial charge >= 0.3 is 0 Å². The molecule has 1 aromatic carbocycles. The summed E-state index contributed by atoms with van der Waals surface area (Å²) in [6, 6.07) is 11.0. The molecular weight excluding hydrogens is 354 g/mol. The second-order valence-electron chi connectivity index (χ2n) is 7.79. The van der Waals surface area contributed by atoms with Crippen LogP contribution < -0.4 is 10.9 Å². The SMILES string of the molecule is O=C(CC1(Cn2cnc3ccccc3c2=O)CCCCC1)NCc1ccco1. The summed E-state index contributed by atoms with van der Waals surface area (Å²) in [6.07, 6.45) is 8.88. The number of para-hydroxylation sites is 1. The molecule has 0 spiro atoms. The number of hydrogen-bond acceptors (Lipinski definition) is 4. The van der Waals surface area contributed by atoms with Crippen LogP contribution in [0.15, 0.2) is 58.2 Å². The molecule has 0 aliphatic heterocycles. The summed E-state index contributed by atoms with van der Waals surface area (Å²) in [5.41, 5.74) is 0.462. The van der Waals surface area contributed by atoms with Crippen LogP contribution >= 0.6 is 0 Å². The Morgan fingerprint density at radius 3 is 2.75 bits per heavy atom. The zero-order valence-electron chi connectivity index (χ0n) is 15.9. The van der Waals surface area contributed by atoms with E-state index in [1.807, 2.05) is 36.4 Å². The van der Waals surface area contributed by atoms with Crippen molar-refractivity contribution in [2.45, 2.75) is 51.6 Å². The lowest BCUT2D eigenvalue weighted by Gasteiger charge is -2.37. The molecule has 0 atom stereocenters. The van der Waals surface area contributed by atoms with Crippen molar-refractivity contribution in [1.29, 1.82) is 0 Å². The van der Waals surface area contributed by atoms with E-state index in [1.54, 1.807) is 17.2 Å². The molecule has 0 radical (unpaired) electrons. The fourth-order valence-electron chi connectivity index (χ4n) is 4.27. The highest BCUT2D eigenvalue weighted by atomic mass is 16.3. The Balaban J connectivity index is 1.53. The summed E-state index contributed by atoms with van der Waals surface area (Å²) in [4.78, 5) is 30.0. The van der Waals surface area contributed by atoms with Gasteiger partial charge in [-0.05, 0) is 42.5 Å². The second-order valence-corrected chi connectivity index (χ2v) is 7.79. The third kappa shape index (κ3) is 4.01. The number of carbonyl (C=O) groups excluding carboxylic acids is 1. The summed E-state index contributed by atoms with van der Waals surface area (Å²) < 4.78 is 6.97. The lowest BCUT2D eigenvalue weighted by molar-refractivity contribution is -0.124. The predicted octanol–water partition coefficient (Wildman–Crippen LogP) is 3.65. The minimum Gasteiger partial charge on any atom is -0.467 e. The van der Waals surface area contributed by atoms with Gasteiger partial charge in [0.15, 0.2) is 0 Å². The molecule has 2 heterocycles. The van der Waals surface area contributed by atoms with Crippen LogP contribution in [0.3, 0.4) is 0 Å². The quantitative estimate of drug-likeness (QED) is 0.709. The first-order chi connectivity index (χ1) is 13.7. The third-order valence-electron chi connectivity index (χ3n) is 5.73. The number of nitrogens with zero attached hydrogens (tertiary/aromatic N) is 2. The van der Waals surface area contributed by atoms with Crippen molar-refractivity contribution in [2.24, 2.45) is 5.41 Å². The van der Waals surface area contributed by atoms with Crippen LogP contribution in [0.4, 0.5) is 0 Å². The van der Waals surface area contributed by atoms with Crippen LogP contribution in [0.2, 0.25) is 0 Å². The summed E-state index contributed by atoms with van der Waals surface area (Å²) in [7, 11) is 0. The van der Waals surface area contributed by atoms with E-state index in [0.717, 1.165) is 31.4 Å². The van der Waals surface area contributed by atoms with Crippen molar-refractivity contribution < 1.29 is 9.21 Å². The molecule has 0 unspecified atom stereocenters. The molecule has 1 aliphatic carbocycles. The molecule has 1 N–H and O–H groups in total. The van der Waals surface area contributed by atoms with Gasteiger partial charge in [0.1, 0.15) is 5.76 Å². The Kier molecular flexibility index (Phi) is 5.28. The summed E-state index contributed by atoms with van der Waals surface area (Å²) in [5.74, 6) is 0.737. The maximum absolute atomic E-state index is 12.9. The van der Waals surface area contributed by atoms with E-state index in [1.165, 1.54) is 6.42 Å². The second kappa shape index (κ2) is 8.00. The van der Waals surface area contributed by atoms with Crippen molar-refractivity contribution in [2.75, 3.05) is 0 Å². The van der Waals surface area contributed by atoms with E-state index in [4.69, 9.17) is 4.42 Å². The molecule has 6 nitrogen and oxygen atoms in total. The standard InChI is InChI=1S/C22H25N3O3/c26-20(23-14-17-7-6-12-28-17)13-22(10-4-1-5-11-22)15-25-16-24-19-9-3-2-8-18(19)21(25)27/h2-3,6-9,12,16H,1,4-5,10-11,13-15H2,(H,23,26). The highest BCUT2D eigenvalue weighted by Gasteiger charge is 2.35. The number of benzene rings is 1. The molecule has 4 rings (SSSR count). The number of carbonyl (C=O) groups is 1. The maximum Gasteiger partial charge on any atom is 0.261 e. The van der Waals surface area contributed by atoms with Gasteiger partial charge in [-0.1, -0.05) is 31.4 Å². The first-order valence-corrected chi connectivity index (χ1v) is 9.89. The number of nitrogens with one attached hydrogen (secondary N) is 1. The van der Waals surface area contributed by atoms with Gasteiger partial charge in [-0.25, -0.2) is 4.98 Å². The average Bonchev–Trinajstić information content (AvgIpc) is 3.23. The minimum atomic E-state index is -0.209. The molecule has 1 aliphatic rings. The molecule has 1 saturated carbocycles. The largest absolute Gasteiger partial charge is 0.467 e. The monoisotopic (exact) mass is 379 g/mol. The van der Waals surface area contributed by atoms with Crippen LogP contribution in [-0.4, -0.2) is 15.5 Å². The number of furan rings is 1. The topological polar surface area (TPSA) is 77.1 Å². The molecule has 3 aromatic rings. The number of aromatic nitrogens is 2. The normalized spacial score (nSPS) is 16.1. The van der Waals surface area contributed by atoms with Gasteiger partial charge in [-0.3, -0.25) is 14.2 Å². The van der Waals surface area contributed by atoms with Crippen LogP contribution in [0.25, 0.3) is 10.9 Å². The Bertz CT molecular complexity index is 1000. The van der Waals surface area contributed by atoms with Gasteiger partial charge in [-0.15, -0.1) is 0 Å². The number of hydrogen-bond donors (Lipinski definition) is 1. The molecule has 1 amide bonds. The van der Waals surface area contributed by atoms with Gasteiger partial charge in [0.05, 0.1) is 30.0 Å². The van der Waals surface area contributed by atoms with Crippen LogP contribution in [0.1, 0.15) is 44.3 Å². The molecule has 146 valence electrons. The van der Waals surface area contributed by atoms with E-state index < -0.39 is 0 Å². The van der Waals surface area contributed by atoms with Crippen molar-refractivity contribution in [1.82, 2.24) is 14.9 Å². The van der Waals surface area contributed by atoms with Gasteiger partial charge in [-0.2, -0.15) is 0 Å². The molecule has 1 fully saturated rings. The van der Waals surface area contributed by atoms with Crippen molar-refractivity contribution in [3.63, 3.8) is 0 Å². The minimum absolute atomic E-state index is 0.0000901. The van der Waals surface area contributed by atoms with E-state index in [2.05, 4.69) is 10.3 Å². The Morgan fingerprint density at radius 1 is 1.14 bits per heavy atom. The van der Waals surface area contributed by atoms with Crippen LogP contribution in [0, 0.1) is 5.41 Å². The van der Waals surface area contributed by atoms with Crippen LogP contribution in [0.5, 0.6) is 0 Å². The van der Waals surface area contributed by atoms with E-state index in [0.29, 0.717) is 30.4 Å². The van der Waals surface area contributed by atoms with Gasteiger partial charge < -0.3 is 9.73 Å². The molecule has 2 aromatic heterocycles. The Labute approximate surface area is 163 Å². The molecule has 28 heavy (non-hydrogen) atoms. The lowest BCUT2D eigenvalue weighted by atomic mass is 9.71. The van der Waals surface area contributed by atoms with Crippen molar-refractivity contribution >= 4 is 16.8 Å². The van der Waals surface area contributed by atoms with E-state index in [-0.39, 0.29) is 16.9 Å². The molecule has 0 bridgehead atoms. The number of fused-ring (bicyclic) bond motifs is 1. The Hall–Kier alpha value is -2.89. The summed E-state index contributed by atoms with van der Waals surface area (Å²) in [6.45, 7) is 0.914. The maximum atomic E-state index is 12.9. The third-order valence-corrected chi connectivity index (χ3v) is 5.73. The fourth-order valence-corrected chi connectivity index (χ4v) is 4.27. The Morgan fingerprint density at radius 2 is 1.96 bits per heavy atom.